The first-order valence-corrected chi connectivity index (χ1v) is 16.5. The van der Waals surface area contributed by atoms with Gasteiger partial charge < -0.3 is 0 Å². The van der Waals surface area contributed by atoms with E-state index in [0.717, 1.165) is 26.5 Å². The maximum Gasteiger partial charge on any atom is 0.208 e. The lowest BCUT2D eigenvalue weighted by atomic mass is 10.3. The maximum absolute atomic E-state index is 15.6. The molecule has 0 saturated heterocycles. The minimum Gasteiger partial charge on any atom is -0.296 e. The largest absolute Gasteiger partial charge is 0.296 e. The molecule has 0 spiro atoms. The Morgan fingerprint density at radius 3 is 1.29 bits per heavy atom. The van der Waals surface area contributed by atoms with Crippen molar-refractivity contribution in [3.63, 3.8) is 0 Å². The van der Waals surface area contributed by atoms with Crippen LogP contribution in [0, 0.1) is 0 Å². The van der Waals surface area contributed by atoms with Crippen molar-refractivity contribution in [3.8, 4) is 0 Å². The standard InChI is InChI=1S/C30H33NOP2S/c1-24(2)31(25(3)4)34(32,28-20-12-7-13-21-28)30-23-15-14-22-29(30)33(35,26-16-8-5-9-17-26)27-18-10-6-11-19-27/h5-25H,1-4H3/t34-/m0/s1. The van der Waals surface area contributed by atoms with Gasteiger partial charge >= 0.3 is 0 Å². The first-order valence-electron chi connectivity index (χ1n) is 12.1. The first-order chi connectivity index (χ1) is 16.8. The van der Waals surface area contributed by atoms with Gasteiger partial charge in [-0.3, -0.25) is 4.57 Å². The zero-order valence-corrected chi connectivity index (χ0v) is 23.4. The van der Waals surface area contributed by atoms with Crippen molar-refractivity contribution in [2.45, 2.75) is 39.8 Å². The van der Waals surface area contributed by atoms with Crippen molar-refractivity contribution in [1.29, 1.82) is 0 Å². The molecule has 0 heterocycles. The van der Waals surface area contributed by atoms with Gasteiger partial charge in [0.05, 0.1) is 0 Å². The fourth-order valence-electron chi connectivity index (χ4n) is 4.96. The number of rotatable bonds is 8. The molecule has 0 bridgehead atoms. The zero-order chi connectivity index (χ0) is 25.1. The molecule has 2 nitrogen and oxygen atoms in total. The van der Waals surface area contributed by atoms with E-state index in [1.807, 2.05) is 84.9 Å². The Hall–Kier alpha value is -2.28. The van der Waals surface area contributed by atoms with E-state index in [4.69, 9.17) is 11.8 Å². The SMILES string of the molecule is CC(C)N(C(C)C)[P@](=O)(c1ccccc1)c1ccccc1P(=S)(c1ccccc1)c1ccccc1. The summed E-state index contributed by atoms with van der Waals surface area (Å²) in [5, 5.41) is 4.91. The highest BCUT2D eigenvalue weighted by Gasteiger charge is 2.42. The van der Waals surface area contributed by atoms with Crippen LogP contribution < -0.4 is 26.5 Å². The molecular formula is C30H33NOP2S. The highest BCUT2D eigenvalue weighted by atomic mass is 32.4. The molecule has 0 N–H and O–H groups in total. The minimum absolute atomic E-state index is 0.0837. The highest BCUT2D eigenvalue weighted by Crippen LogP contribution is 2.53. The summed E-state index contributed by atoms with van der Waals surface area (Å²) in [7, 11) is -3.23. The summed E-state index contributed by atoms with van der Waals surface area (Å²) < 4.78 is 17.8. The van der Waals surface area contributed by atoms with Crippen molar-refractivity contribution in [1.82, 2.24) is 4.67 Å². The second kappa shape index (κ2) is 10.8. The van der Waals surface area contributed by atoms with Crippen molar-refractivity contribution < 1.29 is 4.57 Å². The fraction of sp³-hybridized carbons (Fsp3) is 0.200. The number of hydrogen-bond donors (Lipinski definition) is 0. The van der Waals surface area contributed by atoms with E-state index in [0.29, 0.717) is 0 Å². The minimum atomic E-state index is -3.23. The average Bonchev–Trinajstić information content (AvgIpc) is 2.89. The van der Waals surface area contributed by atoms with E-state index in [1.54, 1.807) is 0 Å². The Morgan fingerprint density at radius 1 is 0.543 bits per heavy atom. The Labute approximate surface area is 215 Å². The fourth-order valence-corrected chi connectivity index (χ4v) is 13.3. The van der Waals surface area contributed by atoms with Crippen LogP contribution >= 0.6 is 13.3 Å². The lowest BCUT2D eigenvalue weighted by Crippen LogP contribution is -2.45. The Bertz CT molecular complexity index is 1300. The van der Waals surface area contributed by atoms with Gasteiger partial charge in [0, 0.05) is 34.0 Å². The van der Waals surface area contributed by atoms with Crippen LogP contribution in [0.1, 0.15) is 27.7 Å². The molecule has 4 aromatic rings. The van der Waals surface area contributed by atoms with Crippen molar-refractivity contribution in [3.05, 3.63) is 115 Å². The Morgan fingerprint density at radius 2 is 0.886 bits per heavy atom. The summed E-state index contributed by atoms with van der Waals surface area (Å²) in [6.07, 6.45) is 0. The molecule has 0 aliphatic heterocycles. The summed E-state index contributed by atoms with van der Waals surface area (Å²) in [5.41, 5.74) is 0. The summed E-state index contributed by atoms with van der Waals surface area (Å²) in [6.45, 7) is 8.51. The lowest BCUT2D eigenvalue weighted by molar-refractivity contribution is 0.307. The Balaban J connectivity index is 2.11. The molecule has 4 aromatic carbocycles. The zero-order valence-electron chi connectivity index (χ0n) is 20.8. The third-order valence-corrected chi connectivity index (χ3v) is 15.0. The van der Waals surface area contributed by atoms with Gasteiger partial charge in [-0.05, 0) is 56.5 Å². The summed E-state index contributed by atoms with van der Waals surface area (Å²) in [6, 6.07) is 36.6. The van der Waals surface area contributed by atoms with Gasteiger partial charge in [-0.15, -0.1) is 0 Å². The summed E-state index contributed by atoms with van der Waals surface area (Å²) in [4.78, 5) is 0. The van der Waals surface area contributed by atoms with Gasteiger partial charge in [-0.1, -0.05) is 109 Å². The van der Waals surface area contributed by atoms with Crippen LogP contribution in [0.2, 0.25) is 0 Å². The third-order valence-electron chi connectivity index (χ3n) is 6.28. The predicted octanol–water partition coefficient (Wildman–Crippen LogP) is 5.79. The quantitative estimate of drug-likeness (QED) is 0.276. The van der Waals surface area contributed by atoms with Crippen molar-refractivity contribution in [2.24, 2.45) is 0 Å². The lowest BCUT2D eigenvalue weighted by Gasteiger charge is -2.40. The molecule has 0 aliphatic carbocycles. The normalized spacial score (nSPS) is 13.8. The third kappa shape index (κ3) is 4.76. The molecule has 1 atom stereocenters. The van der Waals surface area contributed by atoms with Gasteiger partial charge in [0.1, 0.15) is 0 Å². The van der Waals surface area contributed by atoms with Crippen molar-refractivity contribution >= 4 is 51.7 Å². The van der Waals surface area contributed by atoms with Crippen LogP contribution in [0.4, 0.5) is 0 Å². The second-order valence-corrected chi connectivity index (χ2v) is 16.2. The average molecular weight is 518 g/mol. The van der Waals surface area contributed by atoms with Crippen LogP contribution in [0.15, 0.2) is 115 Å². The highest BCUT2D eigenvalue weighted by molar-refractivity contribution is 8.25. The van der Waals surface area contributed by atoms with Crippen LogP contribution in [0.5, 0.6) is 0 Å². The van der Waals surface area contributed by atoms with Crippen LogP contribution in [0.25, 0.3) is 0 Å². The van der Waals surface area contributed by atoms with Crippen molar-refractivity contribution in [2.75, 3.05) is 0 Å². The molecule has 0 aromatic heterocycles. The topological polar surface area (TPSA) is 20.3 Å². The molecule has 0 unspecified atom stereocenters. The predicted molar refractivity (Wildman–Crippen MR) is 158 cm³/mol. The van der Waals surface area contributed by atoms with Gasteiger partial charge in [-0.2, -0.15) is 0 Å². The number of nitrogens with zero attached hydrogens (tertiary/aromatic N) is 1. The van der Waals surface area contributed by atoms with Crippen LogP contribution in [0.3, 0.4) is 0 Å². The molecule has 0 aliphatic rings. The molecule has 0 radical (unpaired) electrons. The molecule has 0 saturated carbocycles. The van der Waals surface area contributed by atoms with Gasteiger partial charge in [-0.25, -0.2) is 4.67 Å². The molecule has 35 heavy (non-hydrogen) atoms. The molecule has 4 rings (SSSR count). The van der Waals surface area contributed by atoms with E-state index in [-0.39, 0.29) is 12.1 Å². The van der Waals surface area contributed by atoms with E-state index in [1.165, 1.54) is 0 Å². The summed E-state index contributed by atoms with van der Waals surface area (Å²) >= 11 is 6.70. The first kappa shape index (κ1) is 25.8. The maximum atomic E-state index is 15.6. The number of hydrogen-bond acceptors (Lipinski definition) is 2. The monoisotopic (exact) mass is 517 g/mol. The van der Waals surface area contributed by atoms with E-state index >= 15 is 4.57 Å². The molecule has 0 fully saturated rings. The Kier molecular flexibility index (Phi) is 7.94. The van der Waals surface area contributed by atoms with E-state index < -0.39 is 13.3 Å². The van der Waals surface area contributed by atoms with Gasteiger partial charge in [0.2, 0.25) is 7.29 Å². The molecular weight excluding hydrogens is 484 g/mol. The van der Waals surface area contributed by atoms with E-state index in [2.05, 4.69) is 62.7 Å². The molecule has 5 heteroatoms. The smallest absolute Gasteiger partial charge is 0.208 e. The van der Waals surface area contributed by atoms with Crippen LogP contribution in [-0.2, 0) is 16.4 Å². The van der Waals surface area contributed by atoms with Gasteiger partial charge in [0.15, 0.2) is 0 Å². The number of benzene rings is 4. The second-order valence-electron chi connectivity index (χ2n) is 9.25. The summed E-state index contributed by atoms with van der Waals surface area (Å²) in [5.74, 6) is 0. The van der Waals surface area contributed by atoms with E-state index in [9.17, 15) is 0 Å². The van der Waals surface area contributed by atoms with Crippen LogP contribution in [-0.4, -0.2) is 16.8 Å². The molecule has 180 valence electrons. The van der Waals surface area contributed by atoms with Gasteiger partial charge in [0.25, 0.3) is 0 Å². The molecule has 0 amide bonds.